The molecule has 242 valence electrons. The normalized spacial score (nSPS) is 24.9. The van der Waals surface area contributed by atoms with Gasteiger partial charge in [-0.2, -0.15) is 0 Å². The Hall–Kier alpha value is -4.45. The molecule has 5 nitrogen and oxygen atoms in total. The number of rotatable bonds is 4. The molecule has 3 aliphatic rings. The maximum Gasteiger partial charge on any atom is 0.170 e. The summed E-state index contributed by atoms with van der Waals surface area (Å²) >= 11 is 0. The third kappa shape index (κ3) is 4.33. The van der Waals surface area contributed by atoms with E-state index in [9.17, 15) is 0 Å². The van der Waals surface area contributed by atoms with Gasteiger partial charge in [0.05, 0.1) is 27.8 Å². The van der Waals surface area contributed by atoms with Crippen LogP contribution in [0.5, 0.6) is 0 Å². The summed E-state index contributed by atoms with van der Waals surface area (Å²) in [5.41, 5.74) is 9.75. The molecule has 2 saturated heterocycles. The Balaban J connectivity index is 1.41. The summed E-state index contributed by atoms with van der Waals surface area (Å²) in [4.78, 5) is 31.4. The molecule has 0 bridgehead atoms. The first-order chi connectivity index (χ1) is 23.1. The predicted octanol–water partition coefficient (Wildman–Crippen LogP) is 8.41. The van der Waals surface area contributed by atoms with Crippen LogP contribution < -0.4 is 0 Å². The number of likely N-dealkylation sites (N-methyl/N-ethyl adjacent to an activating group) is 2. The Morgan fingerprint density at radius 3 is 2.04 bits per heavy atom. The number of para-hydroxylation sites is 2. The van der Waals surface area contributed by atoms with Gasteiger partial charge in [-0.15, -0.1) is 0 Å². The van der Waals surface area contributed by atoms with Gasteiger partial charge in [0.15, 0.2) is 5.78 Å². The molecule has 0 saturated carbocycles. The number of carbonyl (C=O) groups excluding carboxylic acids is 1. The van der Waals surface area contributed by atoms with E-state index < -0.39 is 11.0 Å². The zero-order valence-electron chi connectivity index (χ0n) is 28.9. The summed E-state index contributed by atoms with van der Waals surface area (Å²) in [6, 6.07) is 34.5. The van der Waals surface area contributed by atoms with E-state index in [0.717, 1.165) is 51.2 Å². The highest BCUT2D eigenvalue weighted by molar-refractivity contribution is 6.08. The molecule has 1 aliphatic carbocycles. The number of ketones is 1. The van der Waals surface area contributed by atoms with Crippen molar-refractivity contribution in [1.29, 1.82) is 0 Å². The van der Waals surface area contributed by atoms with Gasteiger partial charge in [-0.05, 0) is 72.0 Å². The first kappa shape index (κ1) is 30.9. The lowest BCUT2D eigenvalue weighted by Crippen LogP contribution is -2.62. The maximum absolute atomic E-state index is 15.9. The number of hydrogen-bond acceptors (Lipinski definition) is 5. The monoisotopic (exact) mass is 632 g/mol. The Morgan fingerprint density at radius 1 is 0.771 bits per heavy atom. The first-order valence-electron chi connectivity index (χ1n) is 17.4. The second-order valence-electron chi connectivity index (χ2n) is 14.9. The molecule has 1 aromatic heterocycles. The SMILES string of the molecule is CC(C)c1ccc(/C=C2\CN(C)C[C@]3(C2=O)[C@H](c2ccc(C(C)C)cc2)CN(C)[C@@]32c3ccccc3-c3nc4ccccc4nc32)cc1. The summed E-state index contributed by atoms with van der Waals surface area (Å²) in [6.07, 6.45) is 2.14. The Morgan fingerprint density at radius 2 is 1.38 bits per heavy atom. The lowest BCUT2D eigenvalue weighted by molar-refractivity contribution is -0.134. The summed E-state index contributed by atoms with van der Waals surface area (Å²) in [5.74, 6) is 1.03. The molecule has 2 aliphatic heterocycles. The smallest absolute Gasteiger partial charge is 0.170 e. The number of hydrogen-bond donors (Lipinski definition) is 0. The number of fused-ring (bicyclic) bond motifs is 7. The predicted molar refractivity (Wildman–Crippen MR) is 195 cm³/mol. The average molecular weight is 633 g/mol. The van der Waals surface area contributed by atoms with Gasteiger partial charge in [0.2, 0.25) is 0 Å². The Labute approximate surface area is 284 Å². The summed E-state index contributed by atoms with van der Waals surface area (Å²) in [6.45, 7) is 10.8. The molecule has 0 amide bonds. The number of aromatic nitrogens is 2. The van der Waals surface area contributed by atoms with Gasteiger partial charge in [-0.1, -0.05) is 113 Å². The highest BCUT2D eigenvalue weighted by Gasteiger charge is 2.73. The number of benzene rings is 4. The van der Waals surface area contributed by atoms with Gasteiger partial charge in [0.25, 0.3) is 0 Å². The molecule has 0 N–H and O–H groups in total. The molecule has 5 aromatic rings. The van der Waals surface area contributed by atoms with Crippen molar-refractivity contribution in [1.82, 2.24) is 19.8 Å². The second-order valence-corrected chi connectivity index (χ2v) is 14.9. The number of nitrogens with zero attached hydrogens (tertiary/aromatic N) is 4. The van der Waals surface area contributed by atoms with Crippen LogP contribution in [0.3, 0.4) is 0 Å². The van der Waals surface area contributed by atoms with Crippen LogP contribution in [0.1, 0.15) is 79.0 Å². The van der Waals surface area contributed by atoms with Crippen molar-refractivity contribution in [3.05, 3.63) is 136 Å². The molecule has 4 aromatic carbocycles. The lowest BCUT2D eigenvalue weighted by atomic mass is 9.55. The van der Waals surface area contributed by atoms with Crippen LogP contribution in [0.25, 0.3) is 28.4 Å². The van der Waals surface area contributed by atoms with Crippen molar-refractivity contribution in [2.45, 2.75) is 51.0 Å². The fraction of sp³-hybridized carbons (Fsp3) is 0.326. The van der Waals surface area contributed by atoms with Gasteiger partial charge in [-0.3, -0.25) is 9.69 Å². The van der Waals surface area contributed by atoms with Crippen LogP contribution in [-0.4, -0.2) is 59.3 Å². The molecule has 3 atom stereocenters. The highest BCUT2D eigenvalue weighted by atomic mass is 16.1. The van der Waals surface area contributed by atoms with Crippen molar-refractivity contribution in [3.63, 3.8) is 0 Å². The van der Waals surface area contributed by atoms with E-state index in [0.29, 0.717) is 24.9 Å². The van der Waals surface area contributed by atoms with Gasteiger partial charge >= 0.3 is 0 Å². The number of likely N-dealkylation sites (tertiary alicyclic amines) is 2. The van der Waals surface area contributed by atoms with E-state index >= 15 is 4.79 Å². The van der Waals surface area contributed by atoms with Crippen molar-refractivity contribution in [2.75, 3.05) is 33.7 Å². The standard InChI is InChI=1S/C43H44N4O/c1-27(2)30-17-15-29(16-18-30)23-33-24-46(5)26-42(41(33)48)36(32-21-19-31(20-22-32)28(3)4)25-47(6)43(42)35-12-8-7-11-34(35)39-40(43)45-38-14-10-9-13-37(38)44-39/h7-23,27-28,36H,24-26H2,1-6H3/b33-23+/t36-,42+,43+/m0/s1. The molecular weight excluding hydrogens is 589 g/mol. The Kier molecular flexibility index (Phi) is 7.28. The minimum atomic E-state index is -0.865. The minimum absolute atomic E-state index is 0.0713. The van der Waals surface area contributed by atoms with Crippen molar-refractivity contribution >= 4 is 22.9 Å². The average Bonchev–Trinajstić information content (AvgIpc) is 3.52. The summed E-state index contributed by atoms with van der Waals surface area (Å²) in [7, 11) is 4.37. The van der Waals surface area contributed by atoms with Gasteiger partial charge in [0.1, 0.15) is 5.54 Å². The largest absolute Gasteiger partial charge is 0.301 e. The van der Waals surface area contributed by atoms with Crippen molar-refractivity contribution < 1.29 is 4.79 Å². The van der Waals surface area contributed by atoms with E-state index in [1.54, 1.807) is 0 Å². The van der Waals surface area contributed by atoms with Crippen LogP contribution in [0.2, 0.25) is 0 Å². The second kappa shape index (κ2) is 11.3. The van der Waals surface area contributed by atoms with E-state index in [2.05, 4.69) is 130 Å². The third-order valence-corrected chi connectivity index (χ3v) is 11.4. The number of carbonyl (C=O) groups is 1. The Bertz CT molecular complexity index is 2080. The van der Waals surface area contributed by atoms with Crippen LogP contribution in [0.15, 0.2) is 103 Å². The molecule has 8 rings (SSSR count). The number of piperidine rings is 1. The highest BCUT2D eigenvalue weighted by Crippen LogP contribution is 2.67. The fourth-order valence-electron chi connectivity index (χ4n) is 9.11. The zero-order chi connectivity index (χ0) is 33.4. The third-order valence-electron chi connectivity index (χ3n) is 11.4. The molecule has 2 spiro atoms. The maximum atomic E-state index is 15.9. The molecule has 0 radical (unpaired) electrons. The first-order valence-corrected chi connectivity index (χ1v) is 17.4. The van der Waals surface area contributed by atoms with Crippen molar-refractivity contribution in [2.24, 2.45) is 5.41 Å². The van der Waals surface area contributed by atoms with Gasteiger partial charge < -0.3 is 4.90 Å². The molecule has 5 heteroatoms. The number of Topliss-reactive ketones (excluding diaryl/α,β-unsaturated/α-hetero) is 1. The molecule has 3 heterocycles. The van der Waals surface area contributed by atoms with Crippen LogP contribution in [-0.2, 0) is 10.3 Å². The lowest BCUT2D eigenvalue weighted by Gasteiger charge is -2.52. The van der Waals surface area contributed by atoms with E-state index in [1.807, 2.05) is 24.3 Å². The molecule has 2 fully saturated rings. The van der Waals surface area contributed by atoms with Gasteiger partial charge in [-0.25, -0.2) is 9.97 Å². The molecular formula is C43H44N4O. The van der Waals surface area contributed by atoms with Crippen LogP contribution in [0, 0.1) is 5.41 Å². The van der Waals surface area contributed by atoms with Crippen molar-refractivity contribution in [3.8, 4) is 11.3 Å². The summed E-state index contributed by atoms with van der Waals surface area (Å²) in [5, 5.41) is 0. The zero-order valence-corrected chi connectivity index (χ0v) is 28.9. The summed E-state index contributed by atoms with van der Waals surface area (Å²) < 4.78 is 0. The van der Waals surface area contributed by atoms with E-state index in [4.69, 9.17) is 9.97 Å². The fourth-order valence-corrected chi connectivity index (χ4v) is 9.11. The molecule has 0 unspecified atom stereocenters. The van der Waals surface area contributed by atoms with Crippen LogP contribution in [0.4, 0.5) is 0 Å². The van der Waals surface area contributed by atoms with E-state index in [1.165, 1.54) is 16.7 Å². The topological polar surface area (TPSA) is 49.3 Å². The van der Waals surface area contributed by atoms with E-state index in [-0.39, 0.29) is 11.7 Å². The molecule has 48 heavy (non-hydrogen) atoms. The quantitative estimate of drug-likeness (QED) is 0.186. The van der Waals surface area contributed by atoms with Gasteiger partial charge in [0, 0.05) is 36.7 Å². The van der Waals surface area contributed by atoms with Crippen LogP contribution >= 0.6 is 0 Å². The minimum Gasteiger partial charge on any atom is -0.301 e.